The first-order valence-electron chi connectivity index (χ1n) is 10.2. The van der Waals surface area contributed by atoms with Crippen LogP contribution in [-0.4, -0.2) is 19.0 Å². The molecule has 0 N–H and O–H groups in total. The van der Waals surface area contributed by atoms with Gasteiger partial charge < -0.3 is 9.47 Å². The average molecular weight is 340 g/mol. The summed E-state index contributed by atoms with van der Waals surface area (Å²) in [7, 11) is 1.79. The number of methoxy groups -OCH3 is 1. The molecule has 0 saturated heterocycles. The van der Waals surface area contributed by atoms with E-state index in [0.717, 1.165) is 25.7 Å². The lowest BCUT2D eigenvalue weighted by atomic mass is 9.99. The lowest BCUT2D eigenvalue weighted by molar-refractivity contribution is -0.248. The third kappa shape index (κ3) is 13.0. The lowest BCUT2D eigenvalue weighted by Gasteiger charge is -2.34. The molecule has 0 saturated carbocycles. The Bertz CT molecular complexity index is 286. The van der Waals surface area contributed by atoms with Gasteiger partial charge in [-0.05, 0) is 46.5 Å². The summed E-state index contributed by atoms with van der Waals surface area (Å²) in [4.78, 5) is 0. The Morgan fingerprint density at radius 2 is 1.42 bits per heavy atom. The molecule has 0 aliphatic heterocycles. The van der Waals surface area contributed by atoms with Crippen LogP contribution in [0.25, 0.3) is 0 Å². The van der Waals surface area contributed by atoms with E-state index in [9.17, 15) is 0 Å². The molecule has 0 aromatic carbocycles. The fourth-order valence-corrected chi connectivity index (χ4v) is 3.20. The monoisotopic (exact) mass is 339 g/mol. The minimum absolute atomic E-state index is 0.206. The molecule has 24 heavy (non-hydrogen) atoms. The zero-order valence-electron chi connectivity index (χ0n) is 16.9. The maximum atomic E-state index is 6.13. The van der Waals surface area contributed by atoms with Gasteiger partial charge in [-0.2, -0.15) is 0 Å². The highest BCUT2D eigenvalue weighted by Gasteiger charge is 2.30. The predicted octanol–water partition coefficient (Wildman–Crippen LogP) is 7.24. The molecule has 0 amide bonds. The van der Waals surface area contributed by atoms with Crippen molar-refractivity contribution >= 4 is 0 Å². The van der Waals surface area contributed by atoms with Gasteiger partial charge in [-0.25, -0.2) is 0 Å². The molecule has 0 rings (SSSR count). The van der Waals surface area contributed by atoms with Gasteiger partial charge in [0.1, 0.15) is 0 Å². The first-order chi connectivity index (χ1) is 11.6. The molecule has 0 spiro atoms. The zero-order valence-corrected chi connectivity index (χ0v) is 16.9. The van der Waals surface area contributed by atoms with Crippen LogP contribution in [0.2, 0.25) is 0 Å². The largest absolute Gasteiger partial charge is 0.353 e. The minimum Gasteiger partial charge on any atom is -0.353 e. The Hall–Kier alpha value is -0.340. The van der Waals surface area contributed by atoms with Gasteiger partial charge >= 0.3 is 0 Å². The smallest absolute Gasteiger partial charge is 0.168 e. The van der Waals surface area contributed by atoms with Crippen LogP contribution in [-0.2, 0) is 9.47 Å². The highest BCUT2D eigenvalue weighted by molar-refractivity contribution is 4.76. The molecule has 143 valence electrons. The van der Waals surface area contributed by atoms with Crippen LogP contribution in [0.5, 0.6) is 0 Å². The van der Waals surface area contributed by atoms with E-state index >= 15 is 0 Å². The molecule has 0 fully saturated rings. The molecule has 0 aromatic rings. The summed E-state index contributed by atoms with van der Waals surface area (Å²) in [5.41, 5.74) is 0. The van der Waals surface area contributed by atoms with Gasteiger partial charge in [-0.1, -0.05) is 64.0 Å². The van der Waals surface area contributed by atoms with Gasteiger partial charge in [-0.3, -0.25) is 0 Å². The second-order valence-corrected chi connectivity index (χ2v) is 7.17. The van der Waals surface area contributed by atoms with Crippen LogP contribution in [0, 0.1) is 6.92 Å². The molecule has 1 atom stereocenters. The van der Waals surface area contributed by atoms with Gasteiger partial charge in [0.15, 0.2) is 5.79 Å². The van der Waals surface area contributed by atoms with Crippen molar-refractivity contribution in [1.29, 1.82) is 0 Å². The highest BCUT2D eigenvalue weighted by Crippen LogP contribution is 2.29. The van der Waals surface area contributed by atoms with Crippen molar-refractivity contribution in [1.82, 2.24) is 0 Å². The van der Waals surface area contributed by atoms with E-state index in [-0.39, 0.29) is 6.10 Å². The molecule has 0 aliphatic rings. The third-order valence-corrected chi connectivity index (χ3v) is 4.54. The summed E-state index contributed by atoms with van der Waals surface area (Å²) in [6.07, 6.45) is 20.5. The number of hydrogen-bond acceptors (Lipinski definition) is 2. The number of hydrogen-bond donors (Lipinski definition) is 0. The summed E-state index contributed by atoms with van der Waals surface area (Å²) >= 11 is 0. The molecule has 2 heteroatoms. The average Bonchev–Trinajstić information content (AvgIpc) is 2.57. The molecule has 1 unspecified atom stereocenters. The summed E-state index contributed by atoms with van der Waals surface area (Å²) in [6.45, 7) is 10.2. The first-order valence-corrected chi connectivity index (χ1v) is 10.2. The van der Waals surface area contributed by atoms with Crippen LogP contribution in [0.4, 0.5) is 0 Å². The maximum Gasteiger partial charge on any atom is 0.168 e. The summed E-state index contributed by atoms with van der Waals surface area (Å²) in [5.74, 6) is -0.390. The Morgan fingerprint density at radius 1 is 0.875 bits per heavy atom. The lowest BCUT2D eigenvalue weighted by Crippen LogP contribution is -2.37. The van der Waals surface area contributed by atoms with Crippen LogP contribution < -0.4 is 0 Å². The molecule has 0 bridgehead atoms. The van der Waals surface area contributed by atoms with Gasteiger partial charge in [0.2, 0.25) is 0 Å². The van der Waals surface area contributed by atoms with Gasteiger partial charge in [0.05, 0.1) is 6.10 Å². The SMILES string of the molecule is [CH2]CCCC(CCCCCCCCCC/C=C/C)(OC)OC(C)C. The molecule has 2 nitrogen and oxygen atoms in total. The molecule has 0 aromatic heterocycles. The minimum atomic E-state index is -0.390. The fourth-order valence-electron chi connectivity index (χ4n) is 3.20. The van der Waals surface area contributed by atoms with Crippen molar-refractivity contribution < 1.29 is 9.47 Å². The van der Waals surface area contributed by atoms with Crippen molar-refractivity contribution in [3.05, 3.63) is 19.1 Å². The standard InChI is InChI=1S/C22H43O2/c1-6-8-10-11-12-13-14-15-16-17-18-20-22(23-5,19-9-7-2)24-21(3)4/h6,8,21H,2,7,9-20H2,1,3-5H3/b8-6+. The topological polar surface area (TPSA) is 18.5 Å². The molecular weight excluding hydrogens is 296 g/mol. The van der Waals surface area contributed by atoms with Crippen LogP contribution in [0.1, 0.15) is 104 Å². The first kappa shape index (κ1) is 23.7. The summed E-state index contributed by atoms with van der Waals surface area (Å²) < 4.78 is 11.9. The maximum absolute atomic E-state index is 6.13. The Morgan fingerprint density at radius 3 is 1.92 bits per heavy atom. The Balaban J connectivity index is 3.79. The second-order valence-electron chi connectivity index (χ2n) is 7.17. The molecule has 0 heterocycles. The number of rotatable bonds is 17. The van der Waals surface area contributed by atoms with Crippen LogP contribution in [0.15, 0.2) is 12.2 Å². The molecule has 0 aliphatic carbocycles. The van der Waals surface area contributed by atoms with E-state index in [4.69, 9.17) is 9.47 Å². The Labute approximate surface area is 152 Å². The van der Waals surface area contributed by atoms with Crippen LogP contribution >= 0.6 is 0 Å². The quantitative estimate of drug-likeness (QED) is 0.158. The van der Waals surface area contributed by atoms with Crippen molar-refractivity contribution in [2.24, 2.45) is 0 Å². The zero-order chi connectivity index (χ0) is 18.1. The van der Waals surface area contributed by atoms with Crippen molar-refractivity contribution in [2.45, 2.75) is 116 Å². The van der Waals surface area contributed by atoms with Crippen molar-refractivity contribution in [3.8, 4) is 0 Å². The normalized spacial score (nSPS) is 14.6. The fraction of sp³-hybridized carbons (Fsp3) is 0.864. The van der Waals surface area contributed by atoms with Gasteiger partial charge in [-0.15, -0.1) is 0 Å². The summed E-state index contributed by atoms with van der Waals surface area (Å²) in [5, 5.41) is 0. The number of unbranched alkanes of at least 4 members (excludes halogenated alkanes) is 9. The highest BCUT2D eigenvalue weighted by atomic mass is 16.7. The van der Waals surface area contributed by atoms with Crippen molar-refractivity contribution in [3.63, 3.8) is 0 Å². The van der Waals surface area contributed by atoms with Crippen LogP contribution in [0.3, 0.4) is 0 Å². The van der Waals surface area contributed by atoms with E-state index < -0.39 is 5.79 Å². The van der Waals surface area contributed by atoms with Gasteiger partial charge in [0.25, 0.3) is 0 Å². The third-order valence-electron chi connectivity index (χ3n) is 4.54. The van der Waals surface area contributed by atoms with E-state index in [2.05, 4.69) is 39.8 Å². The number of allylic oxidation sites excluding steroid dienone is 2. The molecular formula is C22H43O2. The van der Waals surface area contributed by atoms with E-state index in [1.807, 2.05) is 0 Å². The van der Waals surface area contributed by atoms with Gasteiger partial charge in [0, 0.05) is 20.0 Å². The predicted molar refractivity (Wildman–Crippen MR) is 106 cm³/mol. The number of ether oxygens (including phenoxy) is 2. The Kier molecular flexibility index (Phi) is 15.9. The van der Waals surface area contributed by atoms with E-state index in [0.29, 0.717) is 0 Å². The summed E-state index contributed by atoms with van der Waals surface area (Å²) in [6, 6.07) is 0. The van der Waals surface area contributed by atoms with E-state index in [1.165, 1.54) is 57.8 Å². The molecule has 1 radical (unpaired) electrons. The van der Waals surface area contributed by atoms with E-state index in [1.54, 1.807) is 7.11 Å². The second kappa shape index (κ2) is 16.1. The van der Waals surface area contributed by atoms with Crippen molar-refractivity contribution in [2.75, 3.05) is 7.11 Å².